The van der Waals surface area contributed by atoms with Crippen LogP contribution in [0.25, 0.3) is 11.3 Å². The van der Waals surface area contributed by atoms with Crippen LogP contribution in [-0.4, -0.2) is 27.0 Å². The second-order valence-electron chi connectivity index (χ2n) is 3.80. The van der Waals surface area contributed by atoms with Gasteiger partial charge in [-0.25, -0.2) is 19.9 Å². The number of nitrogens with two attached hydrogens (primary N) is 1. The van der Waals surface area contributed by atoms with Gasteiger partial charge in [0.2, 0.25) is 0 Å². The van der Waals surface area contributed by atoms with E-state index in [-0.39, 0.29) is 0 Å². The number of aromatic nitrogens is 4. The smallest absolute Gasteiger partial charge is 0.316 e. The number of rotatable bonds is 4. The van der Waals surface area contributed by atoms with Crippen LogP contribution >= 0.6 is 0 Å². The molecule has 0 bridgehead atoms. The number of methoxy groups -OCH3 is 1. The van der Waals surface area contributed by atoms with Gasteiger partial charge in [-0.2, -0.15) is 0 Å². The molecule has 2 aromatic rings. The molecule has 2 heterocycles. The number of hydrogen-bond acceptors (Lipinski definition) is 6. The topological polar surface area (TPSA) is 86.8 Å². The van der Waals surface area contributed by atoms with Gasteiger partial charge in [-0.15, -0.1) is 0 Å². The molecule has 0 saturated carbocycles. The third-order valence-corrected chi connectivity index (χ3v) is 2.37. The molecule has 0 aliphatic heterocycles. The van der Waals surface area contributed by atoms with Gasteiger partial charge in [0.25, 0.3) is 0 Å². The largest absolute Gasteiger partial charge is 0.467 e. The van der Waals surface area contributed by atoms with Gasteiger partial charge in [0.1, 0.15) is 11.6 Å². The van der Waals surface area contributed by atoms with Gasteiger partial charge < -0.3 is 10.5 Å². The minimum atomic E-state index is 0.328. The fraction of sp³-hybridized carbons (Fsp3) is 0.333. The average molecular weight is 245 g/mol. The summed E-state index contributed by atoms with van der Waals surface area (Å²) in [5.74, 6) is 1.20. The Bertz CT molecular complexity index is 526. The first-order valence-electron chi connectivity index (χ1n) is 5.72. The molecule has 0 radical (unpaired) electrons. The molecule has 2 aromatic heterocycles. The second kappa shape index (κ2) is 5.39. The van der Waals surface area contributed by atoms with E-state index >= 15 is 0 Å². The van der Waals surface area contributed by atoms with Gasteiger partial charge in [0, 0.05) is 30.4 Å². The van der Waals surface area contributed by atoms with Crippen molar-refractivity contribution in [2.45, 2.75) is 19.8 Å². The number of ether oxygens (including phenoxy) is 1. The quantitative estimate of drug-likeness (QED) is 0.877. The van der Waals surface area contributed by atoms with Crippen LogP contribution in [-0.2, 0) is 6.42 Å². The summed E-state index contributed by atoms with van der Waals surface area (Å²) < 4.78 is 4.91. The summed E-state index contributed by atoms with van der Waals surface area (Å²) in [4.78, 5) is 16.7. The number of aryl methyl sites for hydroxylation is 1. The third-order valence-electron chi connectivity index (χ3n) is 2.37. The molecule has 94 valence electrons. The predicted octanol–water partition coefficient (Wildman–Crippen LogP) is 1.48. The molecule has 2 N–H and O–H groups in total. The zero-order chi connectivity index (χ0) is 13.0. The zero-order valence-corrected chi connectivity index (χ0v) is 10.4. The first-order valence-corrected chi connectivity index (χ1v) is 5.72. The van der Waals surface area contributed by atoms with E-state index in [9.17, 15) is 0 Å². The van der Waals surface area contributed by atoms with Crippen molar-refractivity contribution in [3.63, 3.8) is 0 Å². The van der Waals surface area contributed by atoms with Crippen LogP contribution in [0.1, 0.15) is 19.2 Å². The number of nitrogen functional groups attached to an aromatic ring is 1. The third kappa shape index (κ3) is 2.71. The van der Waals surface area contributed by atoms with Gasteiger partial charge in [0.05, 0.1) is 12.8 Å². The van der Waals surface area contributed by atoms with Crippen molar-refractivity contribution in [2.24, 2.45) is 0 Å². The zero-order valence-electron chi connectivity index (χ0n) is 10.4. The van der Waals surface area contributed by atoms with Crippen LogP contribution in [0.4, 0.5) is 5.82 Å². The monoisotopic (exact) mass is 245 g/mol. The summed E-state index contributed by atoms with van der Waals surface area (Å²) in [7, 11) is 1.52. The highest BCUT2D eigenvalue weighted by atomic mass is 16.5. The van der Waals surface area contributed by atoms with E-state index in [1.807, 2.05) is 0 Å². The Balaban J connectivity index is 2.36. The molecular formula is C12H15N5O. The summed E-state index contributed by atoms with van der Waals surface area (Å²) in [6.07, 6.45) is 5.09. The van der Waals surface area contributed by atoms with Gasteiger partial charge in [-0.3, -0.25) is 0 Å². The van der Waals surface area contributed by atoms with E-state index < -0.39 is 0 Å². The van der Waals surface area contributed by atoms with Crippen molar-refractivity contribution in [1.82, 2.24) is 19.9 Å². The Hall–Kier alpha value is -2.24. The Morgan fingerprint density at radius 3 is 2.56 bits per heavy atom. The maximum atomic E-state index is 5.77. The van der Waals surface area contributed by atoms with Gasteiger partial charge in [-0.1, -0.05) is 6.92 Å². The van der Waals surface area contributed by atoms with Crippen LogP contribution in [0.15, 0.2) is 18.5 Å². The number of anilines is 1. The molecule has 0 aliphatic carbocycles. The molecule has 6 heteroatoms. The molecular weight excluding hydrogens is 230 g/mol. The van der Waals surface area contributed by atoms with Crippen molar-refractivity contribution < 1.29 is 4.74 Å². The van der Waals surface area contributed by atoms with Gasteiger partial charge >= 0.3 is 6.01 Å². The molecule has 6 nitrogen and oxygen atoms in total. The van der Waals surface area contributed by atoms with E-state index in [2.05, 4.69) is 26.9 Å². The number of nitrogens with zero attached hydrogens (tertiary/aromatic N) is 4. The summed E-state index contributed by atoms with van der Waals surface area (Å²) in [6, 6.07) is 2.04. The molecule has 0 aliphatic rings. The van der Waals surface area contributed by atoms with Crippen LogP contribution in [0.5, 0.6) is 6.01 Å². The molecule has 0 spiro atoms. The molecule has 0 aromatic carbocycles. The highest BCUT2D eigenvalue weighted by Crippen LogP contribution is 2.18. The average Bonchev–Trinajstić information content (AvgIpc) is 2.38. The van der Waals surface area contributed by atoms with Crippen LogP contribution in [0, 0.1) is 0 Å². The molecule has 18 heavy (non-hydrogen) atoms. The summed E-state index contributed by atoms with van der Waals surface area (Å²) in [5.41, 5.74) is 7.29. The van der Waals surface area contributed by atoms with E-state index in [0.717, 1.165) is 29.9 Å². The first-order chi connectivity index (χ1) is 8.72. The molecule has 0 amide bonds. The number of hydrogen-bond donors (Lipinski definition) is 1. The Labute approximate surface area is 105 Å². The fourth-order valence-electron chi connectivity index (χ4n) is 1.55. The standard InChI is InChI=1S/C12H15N5O/c1-3-4-11-16-9(5-10(13)17-11)8-6-14-12(18-2)15-7-8/h5-7H,3-4H2,1-2H3,(H2,13,16,17). The lowest BCUT2D eigenvalue weighted by atomic mass is 10.2. The minimum Gasteiger partial charge on any atom is -0.467 e. The van der Waals surface area contributed by atoms with Gasteiger partial charge in [0.15, 0.2) is 0 Å². The van der Waals surface area contributed by atoms with E-state index in [4.69, 9.17) is 10.5 Å². The van der Waals surface area contributed by atoms with Crippen LogP contribution in [0.3, 0.4) is 0 Å². The molecule has 0 unspecified atom stereocenters. The molecule has 0 atom stereocenters. The van der Waals surface area contributed by atoms with Crippen molar-refractivity contribution >= 4 is 5.82 Å². The van der Waals surface area contributed by atoms with Crippen LogP contribution in [0.2, 0.25) is 0 Å². The lowest BCUT2D eigenvalue weighted by molar-refractivity contribution is 0.380. The highest BCUT2D eigenvalue weighted by Gasteiger charge is 2.06. The maximum Gasteiger partial charge on any atom is 0.316 e. The molecule has 0 saturated heterocycles. The van der Waals surface area contributed by atoms with Crippen LogP contribution < -0.4 is 10.5 Å². The van der Waals surface area contributed by atoms with E-state index in [1.165, 1.54) is 7.11 Å². The van der Waals surface area contributed by atoms with Crippen molar-refractivity contribution in [2.75, 3.05) is 12.8 Å². The minimum absolute atomic E-state index is 0.328. The Morgan fingerprint density at radius 1 is 1.22 bits per heavy atom. The van der Waals surface area contributed by atoms with Crippen molar-refractivity contribution in [1.29, 1.82) is 0 Å². The SMILES string of the molecule is CCCc1nc(N)cc(-c2cnc(OC)nc2)n1. The maximum absolute atomic E-state index is 5.77. The lowest BCUT2D eigenvalue weighted by Crippen LogP contribution is -2.01. The molecule has 2 rings (SSSR count). The van der Waals surface area contributed by atoms with E-state index in [1.54, 1.807) is 18.5 Å². The Morgan fingerprint density at radius 2 is 1.94 bits per heavy atom. The first kappa shape index (κ1) is 12.2. The summed E-state index contributed by atoms with van der Waals surface area (Å²) >= 11 is 0. The highest BCUT2D eigenvalue weighted by molar-refractivity contribution is 5.59. The normalized spacial score (nSPS) is 10.3. The van der Waals surface area contributed by atoms with E-state index in [0.29, 0.717) is 11.8 Å². The molecule has 0 fully saturated rings. The fourth-order valence-corrected chi connectivity index (χ4v) is 1.55. The summed E-state index contributed by atoms with van der Waals surface area (Å²) in [6.45, 7) is 2.07. The predicted molar refractivity (Wildman–Crippen MR) is 68.0 cm³/mol. The Kier molecular flexibility index (Phi) is 3.66. The second-order valence-corrected chi connectivity index (χ2v) is 3.80. The van der Waals surface area contributed by atoms with Gasteiger partial charge in [-0.05, 0) is 6.42 Å². The lowest BCUT2D eigenvalue weighted by Gasteiger charge is -2.05. The van der Waals surface area contributed by atoms with Crippen molar-refractivity contribution in [3.8, 4) is 17.3 Å². The summed E-state index contributed by atoms with van der Waals surface area (Å²) in [5, 5.41) is 0. The van der Waals surface area contributed by atoms with Crippen molar-refractivity contribution in [3.05, 3.63) is 24.3 Å².